The van der Waals surface area contributed by atoms with E-state index in [-0.39, 0.29) is 6.04 Å². The van der Waals surface area contributed by atoms with Gasteiger partial charge in [0.2, 0.25) is 0 Å². The molecule has 0 spiro atoms. The summed E-state index contributed by atoms with van der Waals surface area (Å²) in [6.07, 6.45) is 11.5. The van der Waals surface area contributed by atoms with Gasteiger partial charge in [-0.25, -0.2) is 0 Å². The van der Waals surface area contributed by atoms with Crippen LogP contribution in [0.5, 0.6) is 0 Å². The van der Waals surface area contributed by atoms with E-state index in [1.165, 1.54) is 5.57 Å². The van der Waals surface area contributed by atoms with Crippen LogP contribution in [0, 0.1) is 22.8 Å². The summed E-state index contributed by atoms with van der Waals surface area (Å²) in [7, 11) is -1.48. The largest absolute Gasteiger partial charge is 0.377 e. The van der Waals surface area contributed by atoms with Gasteiger partial charge in [0.1, 0.15) is 14.1 Å². The van der Waals surface area contributed by atoms with E-state index in [0.29, 0.717) is 11.6 Å². The smallest absolute Gasteiger partial charge is 0.129 e. The number of hydrogen-bond donors (Lipinski definition) is 1. The van der Waals surface area contributed by atoms with Crippen LogP contribution in [0.2, 0.25) is 19.6 Å². The summed E-state index contributed by atoms with van der Waals surface area (Å²) in [5, 5.41) is 12.7. The number of allylic oxidation sites excluding steroid dienone is 4. The molecule has 1 atom stereocenters. The van der Waals surface area contributed by atoms with Crippen LogP contribution in [0.25, 0.3) is 5.57 Å². The van der Waals surface area contributed by atoms with Gasteiger partial charge < -0.3 is 10.1 Å². The van der Waals surface area contributed by atoms with E-state index in [9.17, 15) is 0 Å². The highest BCUT2D eigenvalue weighted by Gasteiger charge is 2.22. The molecule has 152 valence electrons. The lowest BCUT2D eigenvalue weighted by Gasteiger charge is -2.28. The standard InChI is InChI=1S/C24H26N4OSi/c1-30(2,3)9-8-20-14-27-23(11-24(20)28-21-15-29-16-21)18-4-5-19-10-17(12-25)13-26-22(19)7-6-18/h4-5,10-11,13-14,21-22H,6-7,15-16H2,1-3H3,(H,27,28). The third-order valence-electron chi connectivity index (χ3n) is 5.20. The molecule has 1 N–H and O–H groups in total. The maximum Gasteiger partial charge on any atom is 0.129 e. The van der Waals surface area contributed by atoms with Gasteiger partial charge in [0.25, 0.3) is 0 Å². The van der Waals surface area contributed by atoms with Gasteiger partial charge in [-0.1, -0.05) is 37.7 Å². The van der Waals surface area contributed by atoms with Gasteiger partial charge >= 0.3 is 0 Å². The number of dihydropyridines is 1. The molecular weight excluding hydrogens is 388 g/mol. The summed E-state index contributed by atoms with van der Waals surface area (Å²) >= 11 is 0. The Morgan fingerprint density at radius 3 is 2.77 bits per heavy atom. The van der Waals surface area contributed by atoms with Crippen molar-refractivity contribution in [1.82, 2.24) is 4.98 Å². The van der Waals surface area contributed by atoms with Crippen LogP contribution >= 0.6 is 0 Å². The van der Waals surface area contributed by atoms with Crippen molar-refractivity contribution in [2.24, 2.45) is 4.99 Å². The molecule has 1 fully saturated rings. The summed E-state index contributed by atoms with van der Waals surface area (Å²) < 4.78 is 5.33. The lowest BCUT2D eigenvalue weighted by atomic mass is 9.98. The van der Waals surface area contributed by atoms with Gasteiger partial charge in [-0.05, 0) is 36.1 Å². The van der Waals surface area contributed by atoms with Gasteiger partial charge in [0, 0.05) is 12.4 Å². The first-order valence-electron chi connectivity index (χ1n) is 10.3. The number of nitriles is 1. The summed E-state index contributed by atoms with van der Waals surface area (Å²) in [5.41, 5.74) is 9.25. The Morgan fingerprint density at radius 1 is 1.23 bits per heavy atom. The highest BCUT2D eigenvalue weighted by atomic mass is 28.3. The summed E-state index contributed by atoms with van der Waals surface area (Å²) in [4.78, 5) is 9.29. The van der Waals surface area contributed by atoms with E-state index in [1.807, 2.05) is 12.3 Å². The molecule has 3 heterocycles. The van der Waals surface area contributed by atoms with E-state index in [1.54, 1.807) is 6.21 Å². The van der Waals surface area contributed by atoms with Gasteiger partial charge in [-0.3, -0.25) is 9.98 Å². The first kappa shape index (κ1) is 20.3. The molecule has 0 aromatic carbocycles. The second-order valence-electron chi connectivity index (χ2n) is 8.90. The van der Waals surface area contributed by atoms with Crippen LogP contribution in [-0.4, -0.2) is 44.6 Å². The lowest BCUT2D eigenvalue weighted by Crippen LogP contribution is -2.40. The van der Waals surface area contributed by atoms with Gasteiger partial charge in [0.05, 0.1) is 47.8 Å². The topological polar surface area (TPSA) is 70.3 Å². The fourth-order valence-electron chi connectivity index (χ4n) is 3.46. The number of nitrogens with one attached hydrogen (secondary N) is 1. The van der Waals surface area contributed by atoms with E-state index in [0.717, 1.165) is 48.6 Å². The minimum Gasteiger partial charge on any atom is -0.377 e. The number of fused-ring (bicyclic) bond motifs is 1. The number of hydrogen-bond acceptors (Lipinski definition) is 5. The average Bonchev–Trinajstić information content (AvgIpc) is 2.91. The minimum absolute atomic E-state index is 0.113. The molecule has 1 aromatic heterocycles. The van der Waals surface area contributed by atoms with E-state index in [4.69, 9.17) is 15.0 Å². The predicted molar refractivity (Wildman–Crippen MR) is 124 cm³/mol. The zero-order valence-electron chi connectivity index (χ0n) is 17.7. The maximum atomic E-state index is 9.14. The monoisotopic (exact) mass is 414 g/mol. The van der Waals surface area contributed by atoms with Crippen LogP contribution in [0.4, 0.5) is 5.69 Å². The van der Waals surface area contributed by atoms with Crippen molar-refractivity contribution < 1.29 is 4.74 Å². The zero-order chi connectivity index (χ0) is 21.1. The average molecular weight is 415 g/mol. The number of rotatable bonds is 3. The van der Waals surface area contributed by atoms with E-state index < -0.39 is 8.07 Å². The molecule has 0 saturated carbocycles. The van der Waals surface area contributed by atoms with Crippen LogP contribution in [0.1, 0.15) is 24.1 Å². The summed E-state index contributed by atoms with van der Waals surface area (Å²) in [6, 6.07) is 4.73. The third-order valence-corrected chi connectivity index (χ3v) is 6.07. The fourth-order valence-corrected chi connectivity index (χ4v) is 3.97. The number of aromatic nitrogens is 1. The second-order valence-corrected chi connectivity index (χ2v) is 13.6. The quantitative estimate of drug-likeness (QED) is 0.596. The first-order valence-corrected chi connectivity index (χ1v) is 13.8. The summed E-state index contributed by atoms with van der Waals surface area (Å²) in [6.45, 7) is 8.17. The minimum atomic E-state index is -1.48. The van der Waals surface area contributed by atoms with Crippen LogP contribution < -0.4 is 5.32 Å². The number of anilines is 1. The first-order chi connectivity index (χ1) is 14.4. The molecule has 1 saturated heterocycles. The Kier molecular flexibility index (Phi) is 5.72. The Hall–Kier alpha value is -2.93. The van der Waals surface area contributed by atoms with E-state index in [2.05, 4.69) is 65.7 Å². The Bertz CT molecular complexity index is 1070. The van der Waals surface area contributed by atoms with Gasteiger partial charge in [-0.15, -0.1) is 5.54 Å². The number of nitrogens with zero attached hydrogens (tertiary/aromatic N) is 3. The van der Waals surface area contributed by atoms with Crippen molar-refractivity contribution in [2.75, 3.05) is 18.5 Å². The zero-order valence-corrected chi connectivity index (χ0v) is 18.7. The maximum absolute atomic E-state index is 9.14. The molecule has 2 aliphatic heterocycles. The highest BCUT2D eigenvalue weighted by molar-refractivity contribution is 6.83. The van der Waals surface area contributed by atoms with Crippen molar-refractivity contribution in [2.45, 2.75) is 44.6 Å². The predicted octanol–water partition coefficient (Wildman–Crippen LogP) is 4.13. The molecule has 1 unspecified atom stereocenters. The molecule has 30 heavy (non-hydrogen) atoms. The highest BCUT2D eigenvalue weighted by Crippen LogP contribution is 2.31. The van der Waals surface area contributed by atoms with Gasteiger partial charge in [0.15, 0.2) is 0 Å². The number of ether oxygens (including phenoxy) is 1. The van der Waals surface area contributed by atoms with Crippen molar-refractivity contribution >= 4 is 25.5 Å². The number of pyridine rings is 1. The van der Waals surface area contributed by atoms with E-state index >= 15 is 0 Å². The SMILES string of the molecule is C[Si](C)(C)C#Cc1cnc(C2=CC=C3C=C(C#N)C=NC3CC2)cc1NC1COC1. The molecule has 1 aromatic rings. The van der Waals surface area contributed by atoms with Gasteiger partial charge in [-0.2, -0.15) is 5.26 Å². The molecule has 3 aliphatic rings. The Balaban J connectivity index is 1.64. The molecular formula is C24H26N4OSi. The van der Waals surface area contributed by atoms with Crippen molar-refractivity contribution in [3.05, 3.63) is 52.9 Å². The Morgan fingerprint density at radius 2 is 2.07 bits per heavy atom. The van der Waals surface area contributed by atoms with Crippen molar-refractivity contribution in [3.8, 4) is 17.5 Å². The van der Waals surface area contributed by atoms with Crippen LogP contribution in [0.3, 0.4) is 0 Å². The molecule has 0 radical (unpaired) electrons. The Labute approximate surface area is 179 Å². The molecule has 6 heteroatoms. The van der Waals surface area contributed by atoms with Crippen molar-refractivity contribution in [1.29, 1.82) is 5.26 Å². The molecule has 4 rings (SSSR count). The van der Waals surface area contributed by atoms with Crippen LogP contribution in [-0.2, 0) is 4.74 Å². The molecule has 0 bridgehead atoms. The molecule has 1 aliphatic carbocycles. The van der Waals surface area contributed by atoms with Crippen molar-refractivity contribution in [3.63, 3.8) is 0 Å². The molecule has 5 nitrogen and oxygen atoms in total. The third kappa shape index (κ3) is 4.79. The summed E-state index contributed by atoms with van der Waals surface area (Å²) in [5.74, 6) is 3.36. The molecule has 0 amide bonds. The van der Waals surface area contributed by atoms with Crippen LogP contribution in [0.15, 0.2) is 46.6 Å². The second kappa shape index (κ2) is 8.43. The normalized spacial score (nSPS) is 20.9. The number of aliphatic imine (C=N–C) groups is 1. The fraction of sp³-hybridized carbons (Fsp3) is 0.375. The lowest BCUT2D eigenvalue weighted by molar-refractivity contribution is 0.0211.